The minimum Gasteiger partial charge on any atom is -0.386 e. The van der Waals surface area contributed by atoms with Crippen LogP contribution in [0.4, 0.5) is 0 Å². The van der Waals surface area contributed by atoms with Gasteiger partial charge in [0.05, 0.1) is 18.4 Å². The molecule has 3 aliphatic heterocycles. The molecule has 10 atom stereocenters. The number of hydrogen-bond acceptors (Lipinski definition) is 8. The molecule has 0 aromatic carbocycles. The summed E-state index contributed by atoms with van der Waals surface area (Å²) in [5.41, 5.74) is 10.9. The topological polar surface area (TPSA) is 129 Å². The molecule has 0 bridgehead atoms. The van der Waals surface area contributed by atoms with Gasteiger partial charge in [-0.25, -0.2) is 0 Å². The van der Waals surface area contributed by atoms with Gasteiger partial charge in [-0.1, -0.05) is 0 Å². The van der Waals surface area contributed by atoms with E-state index >= 15 is 0 Å². The normalized spacial score (nSPS) is 52.7. The molecule has 3 saturated heterocycles. The number of aliphatic hydroxyl groups excluding tert-OH is 1. The van der Waals surface area contributed by atoms with Gasteiger partial charge in [0.15, 0.2) is 0 Å². The summed E-state index contributed by atoms with van der Waals surface area (Å²) in [7, 11) is 0. The summed E-state index contributed by atoms with van der Waals surface area (Å²) in [4.78, 5) is 2.14. The Labute approximate surface area is 172 Å². The van der Waals surface area contributed by atoms with Gasteiger partial charge in [0.1, 0.15) is 17.9 Å². The third-order valence-corrected chi connectivity index (χ3v) is 8.04. The van der Waals surface area contributed by atoms with Crippen molar-refractivity contribution in [2.45, 2.75) is 80.8 Å². The van der Waals surface area contributed by atoms with E-state index in [-0.39, 0.29) is 23.6 Å². The lowest BCUT2D eigenvalue weighted by Crippen LogP contribution is -2.64. The fourth-order valence-corrected chi connectivity index (χ4v) is 6.12. The lowest BCUT2D eigenvalue weighted by Gasteiger charge is -2.39. The molecule has 28 heavy (non-hydrogen) atoms. The first-order valence-electron chi connectivity index (χ1n) is 10.7. The first kappa shape index (κ1) is 21.2. The molecule has 1 saturated carbocycles. The first-order valence-corrected chi connectivity index (χ1v) is 11.1. The van der Waals surface area contributed by atoms with Crippen LogP contribution in [0.5, 0.6) is 0 Å². The Bertz CT molecular complexity index is 556. The largest absolute Gasteiger partial charge is 0.386 e. The summed E-state index contributed by atoms with van der Waals surface area (Å²) in [5, 5.41) is 28.9. The van der Waals surface area contributed by atoms with Crippen LogP contribution in [0, 0.1) is 17.8 Å². The standard InChI is InChI=1S/C19H36ClN5O3/c1-19(27)14(7-10-2-3-12(20)6-11(10)8-21)28-18(15(19)26)25-5-4-13-16(22)23-9-24-17(13)25/h10-18,23-24,26-27H,2-9,21-22H2,1H3/t10?,11?,12?,13?,14-,15+,16?,17?,18-,19-/m1/s1. The van der Waals surface area contributed by atoms with E-state index in [2.05, 4.69) is 15.5 Å². The summed E-state index contributed by atoms with van der Waals surface area (Å²) in [6.45, 7) is 3.70. The van der Waals surface area contributed by atoms with E-state index in [1.165, 1.54) is 0 Å². The predicted octanol–water partition coefficient (Wildman–Crippen LogP) is -0.721. The number of alkyl halides is 1. The molecule has 0 aromatic heterocycles. The second kappa shape index (κ2) is 8.24. The average Bonchev–Trinajstić information content (AvgIpc) is 3.18. The molecule has 6 unspecified atom stereocenters. The van der Waals surface area contributed by atoms with Crippen molar-refractivity contribution in [3.05, 3.63) is 0 Å². The molecule has 0 radical (unpaired) electrons. The molecule has 4 rings (SSSR count). The van der Waals surface area contributed by atoms with Crippen LogP contribution in [-0.2, 0) is 4.74 Å². The molecule has 9 heteroatoms. The molecule has 0 aromatic rings. The number of rotatable bonds is 4. The Kier molecular flexibility index (Phi) is 6.25. The summed E-state index contributed by atoms with van der Waals surface area (Å²) in [5.74, 6) is 0.959. The molecule has 4 fully saturated rings. The van der Waals surface area contributed by atoms with E-state index in [1.54, 1.807) is 6.92 Å². The van der Waals surface area contributed by atoms with Crippen molar-refractivity contribution in [1.29, 1.82) is 0 Å². The van der Waals surface area contributed by atoms with Crippen molar-refractivity contribution in [2.75, 3.05) is 19.8 Å². The molecule has 8 N–H and O–H groups in total. The van der Waals surface area contributed by atoms with E-state index in [9.17, 15) is 10.2 Å². The number of nitrogens with one attached hydrogen (secondary N) is 2. The lowest BCUT2D eigenvalue weighted by molar-refractivity contribution is -0.110. The minimum atomic E-state index is -1.30. The van der Waals surface area contributed by atoms with Gasteiger partial charge in [-0.2, -0.15) is 0 Å². The molecule has 4 aliphatic rings. The molecule has 0 amide bonds. The Morgan fingerprint density at radius 2 is 2.04 bits per heavy atom. The lowest BCUT2D eigenvalue weighted by atomic mass is 9.74. The van der Waals surface area contributed by atoms with E-state index in [0.717, 1.165) is 32.2 Å². The summed E-state index contributed by atoms with van der Waals surface area (Å²) < 4.78 is 6.33. The van der Waals surface area contributed by atoms with E-state index in [4.69, 9.17) is 27.8 Å². The van der Waals surface area contributed by atoms with Gasteiger partial charge in [-0.3, -0.25) is 15.5 Å². The maximum atomic E-state index is 11.1. The highest BCUT2D eigenvalue weighted by Gasteiger charge is 2.57. The second-order valence-electron chi connectivity index (χ2n) is 9.33. The zero-order valence-corrected chi connectivity index (χ0v) is 17.4. The predicted molar refractivity (Wildman–Crippen MR) is 107 cm³/mol. The van der Waals surface area contributed by atoms with Crippen molar-refractivity contribution in [3.8, 4) is 0 Å². The zero-order chi connectivity index (χ0) is 20.1. The Balaban J connectivity index is 1.46. The average molecular weight is 418 g/mol. The number of nitrogens with two attached hydrogens (primary N) is 2. The van der Waals surface area contributed by atoms with Crippen LogP contribution in [0.25, 0.3) is 0 Å². The van der Waals surface area contributed by atoms with Gasteiger partial charge in [0.2, 0.25) is 0 Å². The quantitative estimate of drug-likeness (QED) is 0.330. The SMILES string of the molecule is C[C@@]1(O)[C@@H](CC2CCC(Cl)CC2CN)O[C@@H](N2CCC3C(N)NCNC32)[C@@H]1O. The van der Waals surface area contributed by atoms with Gasteiger partial charge >= 0.3 is 0 Å². The van der Waals surface area contributed by atoms with E-state index in [0.29, 0.717) is 31.5 Å². The van der Waals surface area contributed by atoms with Crippen LogP contribution >= 0.6 is 11.6 Å². The number of hydrogen-bond donors (Lipinski definition) is 6. The Morgan fingerprint density at radius 1 is 1.25 bits per heavy atom. The number of ether oxygens (including phenoxy) is 1. The number of aliphatic hydroxyl groups is 2. The summed E-state index contributed by atoms with van der Waals surface area (Å²) in [6.07, 6.45) is 2.55. The van der Waals surface area contributed by atoms with Gasteiger partial charge in [-0.05, 0) is 57.4 Å². The van der Waals surface area contributed by atoms with Crippen molar-refractivity contribution in [3.63, 3.8) is 0 Å². The van der Waals surface area contributed by atoms with Crippen LogP contribution in [0.1, 0.15) is 39.0 Å². The van der Waals surface area contributed by atoms with Crippen LogP contribution < -0.4 is 22.1 Å². The summed E-state index contributed by atoms with van der Waals surface area (Å²) >= 11 is 6.33. The van der Waals surface area contributed by atoms with Gasteiger partial charge < -0.3 is 26.4 Å². The van der Waals surface area contributed by atoms with Crippen LogP contribution in [-0.4, -0.2) is 76.6 Å². The highest BCUT2D eigenvalue weighted by atomic mass is 35.5. The number of nitrogens with zero attached hydrogens (tertiary/aromatic N) is 1. The minimum absolute atomic E-state index is 0.0499. The molecule has 1 aliphatic carbocycles. The van der Waals surface area contributed by atoms with Crippen molar-refractivity contribution in [2.24, 2.45) is 29.2 Å². The van der Waals surface area contributed by atoms with Crippen LogP contribution in [0.15, 0.2) is 0 Å². The fraction of sp³-hybridized carbons (Fsp3) is 1.00. The maximum Gasteiger partial charge on any atom is 0.141 e. The van der Waals surface area contributed by atoms with Gasteiger partial charge in [0, 0.05) is 24.5 Å². The molecular formula is C19H36ClN5O3. The third-order valence-electron chi connectivity index (χ3n) is 7.64. The molecule has 8 nitrogen and oxygen atoms in total. The van der Waals surface area contributed by atoms with Crippen molar-refractivity contribution in [1.82, 2.24) is 15.5 Å². The van der Waals surface area contributed by atoms with Gasteiger partial charge in [-0.15, -0.1) is 11.6 Å². The monoisotopic (exact) mass is 417 g/mol. The summed E-state index contributed by atoms with van der Waals surface area (Å²) in [6, 6.07) is 0. The van der Waals surface area contributed by atoms with Gasteiger partial charge in [0.25, 0.3) is 0 Å². The first-order chi connectivity index (χ1) is 13.3. The third kappa shape index (κ3) is 3.72. The number of fused-ring (bicyclic) bond motifs is 1. The smallest absolute Gasteiger partial charge is 0.141 e. The van der Waals surface area contributed by atoms with E-state index in [1.807, 2.05) is 0 Å². The van der Waals surface area contributed by atoms with Crippen LogP contribution in [0.3, 0.4) is 0 Å². The van der Waals surface area contributed by atoms with Crippen LogP contribution in [0.2, 0.25) is 0 Å². The molecular weight excluding hydrogens is 382 g/mol. The molecule has 0 spiro atoms. The zero-order valence-electron chi connectivity index (χ0n) is 16.6. The molecule has 3 heterocycles. The second-order valence-corrected chi connectivity index (χ2v) is 9.95. The maximum absolute atomic E-state index is 11.1. The van der Waals surface area contributed by atoms with Crippen molar-refractivity contribution >= 4 is 11.6 Å². The molecule has 162 valence electrons. The van der Waals surface area contributed by atoms with Crippen molar-refractivity contribution < 1.29 is 14.9 Å². The Hall–Kier alpha value is -0.0300. The van der Waals surface area contributed by atoms with E-state index < -0.39 is 24.0 Å². The highest BCUT2D eigenvalue weighted by Crippen LogP contribution is 2.43. The number of halogens is 1. The fourth-order valence-electron chi connectivity index (χ4n) is 5.76. The Morgan fingerprint density at radius 3 is 2.79 bits per heavy atom. The number of likely N-dealkylation sites (tertiary alicyclic amines) is 1. The highest BCUT2D eigenvalue weighted by molar-refractivity contribution is 6.20.